The molecule has 0 unspecified atom stereocenters. The molecule has 0 atom stereocenters. The molecule has 0 aromatic heterocycles. The summed E-state index contributed by atoms with van der Waals surface area (Å²) in [5.74, 6) is -1.30. The highest BCUT2D eigenvalue weighted by molar-refractivity contribution is 6.39. The molecule has 6 heteroatoms. The average Bonchev–Trinajstić information content (AvgIpc) is 3.20. The van der Waals surface area contributed by atoms with Crippen LogP contribution in [0.5, 0.6) is 0 Å². The molecule has 0 aliphatic carbocycles. The summed E-state index contributed by atoms with van der Waals surface area (Å²) >= 11 is 0. The number of imide groups is 2. The number of anilines is 2. The van der Waals surface area contributed by atoms with Crippen LogP contribution in [0.2, 0.25) is 0 Å². The summed E-state index contributed by atoms with van der Waals surface area (Å²) < 4.78 is 0. The van der Waals surface area contributed by atoms with E-state index < -0.39 is 17.8 Å². The van der Waals surface area contributed by atoms with Crippen molar-refractivity contribution in [2.45, 2.75) is 19.8 Å². The highest BCUT2D eigenvalue weighted by atomic mass is 16.2. The number of hydrogen-bond donors (Lipinski definition) is 1. The van der Waals surface area contributed by atoms with Gasteiger partial charge in [-0.3, -0.25) is 14.9 Å². The summed E-state index contributed by atoms with van der Waals surface area (Å²) in [6, 6.07) is 14.1. The Labute approximate surface area is 163 Å². The Bertz CT molecular complexity index is 973. The zero-order valence-corrected chi connectivity index (χ0v) is 15.6. The number of hydrogen-bond acceptors (Lipinski definition) is 4. The predicted molar refractivity (Wildman–Crippen MR) is 108 cm³/mol. The van der Waals surface area contributed by atoms with Crippen molar-refractivity contribution >= 4 is 35.3 Å². The summed E-state index contributed by atoms with van der Waals surface area (Å²) in [5.41, 5.74) is 3.16. The molecule has 2 aromatic rings. The Kier molecular flexibility index (Phi) is 4.69. The molecule has 2 heterocycles. The summed E-state index contributed by atoms with van der Waals surface area (Å²) in [6.07, 6.45) is 3.92. The molecule has 2 aliphatic heterocycles. The lowest BCUT2D eigenvalue weighted by Crippen LogP contribution is -2.54. The van der Waals surface area contributed by atoms with Gasteiger partial charge in [-0.2, -0.15) is 0 Å². The van der Waals surface area contributed by atoms with Crippen LogP contribution in [0.4, 0.5) is 16.2 Å². The average molecular weight is 375 g/mol. The number of aryl methyl sites for hydroxylation is 1. The third kappa shape index (κ3) is 3.41. The van der Waals surface area contributed by atoms with Crippen LogP contribution in [0.25, 0.3) is 6.08 Å². The van der Waals surface area contributed by atoms with Crippen molar-refractivity contribution in [3.63, 3.8) is 0 Å². The van der Waals surface area contributed by atoms with Gasteiger partial charge in [0.25, 0.3) is 11.8 Å². The molecule has 0 radical (unpaired) electrons. The Morgan fingerprint density at radius 1 is 0.929 bits per heavy atom. The van der Waals surface area contributed by atoms with Crippen LogP contribution in [-0.2, 0) is 9.59 Å². The first-order valence-corrected chi connectivity index (χ1v) is 9.36. The Balaban J connectivity index is 1.63. The lowest BCUT2D eigenvalue weighted by atomic mass is 10.1. The van der Waals surface area contributed by atoms with Crippen LogP contribution in [0, 0.1) is 6.92 Å². The SMILES string of the molecule is Cc1cccc(N2C(=O)NC(=O)/C(=C/c3ccc(N4CCCC4)cc3)C2=O)c1. The molecule has 1 N–H and O–H groups in total. The van der Waals surface area contributed by atoms with Crippen LogP contribution < -0.4 is 15.1 Å². The maximum atomic E-state index is 12.9. The Morgan fingerprint density at radius 3 is 2.32 bits per heavy atom. The van der Waals surface area contributed by atoms with Gasteiger partial charge in [0.2, 0.25) is 0 Å². The number of amides is 4. The third-order valence-electron chi connectivity index (χ3n) is 5.04. The Morgan fingerprint density at radius 2 is 1.64 bits per heavy atom. The fourth-order valence-electron chi connectivity index (χ4n) is 3.58. The lowest BCUT2D eigenvalue weighted by Gasteiger charge is -2.26. The van der Waals surface area contributed by atoms with Gasteiger partial charge in [-0.05, 0) is 61.2 Å². The molecule has 0 saturated carbocycles. The molecule has 4 rings (SSSR count). The normalized spacial score (nSPS) is 18.8. The van der Waals surface area contributed by atoms with E-state index in [1.165, 1.54) is 18.9 Å². The van der Waals surface area contributed by atoms with Crippen LogP contribution in [-0.4, -0.2) is 30.9 Å². The van der Waals surface area contributed by atoms with E-state index in [-0.39, 0.29) is 5.57 Å². The molecule has 142 valence electrons. The molecular formula is C22H21N3O3. The van der Waals surface area contributed by atoms with Gasteiger partial charge in [-0.15, -0.1) is 0 Å². The third-order valence-corrected chi connectivity index (χ3v) is 5.04. The molecule has 0 bridgehead atoms. The van der Waals surface area contributed by atoms with Crippen molar-refractivity contribution in [2.24, 2.45) is 0 Å². The first kappa shape index (κ1) is 18.0. The molecule has 2 aliphatic rings. The lowest BCUT2D eigenvalue weighted by molar-refractivity contribution is -0.122. The van der Waals surface area contributed by atoms with Gasteiger partial charge in [0.05, 0.1) is 5.69 Å². The second kappa shape index (κ2) is 7.31. The molecular weight excluding hydrogens is 354 g/mol. The van der Waals surface area contributed by atoms with Gasteiger partial charge in [-0.1, -0.05) is 24.3 Å². The standard InChI is InChI=1S/C22H21N3O3/c1-15-5-4-6-18(13-15)25-21(27)19(20(26)23-22(25)28)14-16-7-9-17(10-8-16)24-11-2-3-12-24/h4-10,13-14H,2-3,11-12H2,1H3,(H,23,26,28)/b19-14-. The van der Waals surface area contributed by atoms with Gasteiger partial charge >= 0.3 is 6.03 Å². The zero-order valence-electron chi connectivity index (χ0n) is 15.6. The largest absolute Gasteiger partial charge is 0.372 e. The van der Waals surface area contributed by atoms with E-state index in [4.69, 9.17) is 0 Å². The molecule has 6 nitrogen and oxygen atoms in total. The number of nitrogens with zero attached hydrogens (tertiary/aromatic N) is 2. The number of barbiturate groups is 1. The van der Waals surface area contributed by atoms with Crippen LogP contribution in [0.15, 0.2) is 54.1 Å². The number of nitrogens with one attached hydrogen (secondary N) is 1. The smallest absolute Gasteiger partial charge is 0.335 e. The second-order valence-corrected chi connectivity index (χ2v) is 7.08. The van der Waals surface area contributed by atoms with E-state index in [9.17, 15) is 14.4 Å². The van der Waals surface area contributed by atoms with E-state index in [1.54, 1.807) is 18.2 Å². The molecule has 0 spiro atoms. The quantitative estimate of drug-likeness (QED) is 0.660. The topological polar surface area (TPSA) is 69.7 Å². The fourth-order valence-corrected chi connectivity index (χ4v) is 3.58. The van der Waals surface area contributed by atoms with Crippen molar-refractivity contribution in [1.82, 2.24) is 5.32 Å². The van der Waals surface area contributed by atoms with Gasteiger partial charge in [-0.25, -0.2) is 9.69 Å². The summed E-state index contributed by atoms with van der Waals surface area (Å²) in [6.45, 7) is 3.98. The molecule has 4 amide bonds. The highest BCUT2D eigenvalue weighted by Crippen LogP contribution is 2.24. The molecule has 2 aromatic carbocycles. The highest BCUT2D eigenvalue weighted by Gasteiger charge is 2.36. The van der Waals surface area contributed by atoms with E-state index in [0.717, 1.165) is 34.8 Å². The summed E-state index contributed by atoms with van der Waals surface area (Å²) in [7, 11) is 0. The number of carbonyl (C=O) groups is 3. The van der Waals surface area contributed by atoms with E-state index in [0.29, 0.717) is 5.69 Å². The van der Waals surface area contributed by atoms with E-state index in [2.05, 4.69) is 10.2 Å². The van der Waals surface area contributed by atoms with E-state index in [1.807, 2.05) is 37.3 Å². The van der Waals surface area contributed by atoms with Gasteiger partial charge in [0.1, 0.15) is 5.57 Å². The Hall–Kier alpha value is -3.41. The molecule has 28 heavy (non-hydrogen) atoms. The summed E-state index contributed by atoms with van der Waals surface area (Å²) in [4.78, 5) is 40.8. The number of benzene rings is 2. The monoisotopic (exact) mass is 375 g/mol. The fraction of sp³-hybridized carbons (Fsp3) is 0.227. The van der Waals surface area contributed by atoms with E-state index >= 15 is 0 Å². The number of carbonyl (C=O) groups excluding carboxylic acids is 3. The van der Waals surface area contributed by atoms with Gasteiger partial charge < -0.3 is 4.90 Å². The van der Waals surface area contributed by atoms with Crippen molar-refractivity contribution in [2.75, 3.05) is 22.9 Å². The minimum absolute atomic E-state index is 0.0602. The number of urea groups is 1. The van der Waals surface area contributed by atoms with Crippen molar-refractivity contribution in [3.05, 3.63) is 65.2 Å². The van der Waals surface area contributed by atoms with Crippen molar-refractivity contribution < 1.29 is 14.4 Å². The van der Waals surface area contributed by atoms with Crippen molar-refractivity contribution in [3.8, 4) is 0 Å². The first-order valence-electron chi connectivity index (χ1n) is 9.36. The number of rotatable bonds is 3. The predicted octanol–water partition coefficient (Wildman–Crippen LogP) is 3.26. The van der Waals surface area contributed by atoms with Crippen LogP contribution in [0.3, 0.4) is 0 Å². The second-order valence-electron chi connectivity index (χ2n) is 7.08. The summed E-state index contributed by atoms with van der Waals surface area (Å²) in [5, 5.41) is 2.25. The van der Waals surface area contributed by atoms with Crippen LogP contribution in [0.1, 0.15) is 24.0 Å². The molecule has 2 fully saturated rings. The van der Waals surface area contributed by atoms with Crippen molar-refractivity contribution in [1.29, 1.82) is 0 Å². The zero-order chi connectivity index (χ0) is 19.7. The van der Waals surface area contributed by atoms with Gasteiger partial charge in [0.15, 0.2) is 0 Å². The minimum Gasteiger partial charge on any atom is -0.372 e. The molecule has 2 saturated heterocycles. The maximum absolute atomic E-state index is 12.9. The maximum Gasteiger partial charge on any atom is 0.335 e. The minimum atomic E-state index is -0.734. The van der Waals surface area contributed by atoms with Crippen LogP contribution >= 0.6 is 0 Å². The first-order chi connectivity index (χ1) is 13.5. The van der Waals surface area contributed by atoms with Gasteiger partial charge in [0, 0.05) is 18.8 Å².